The van der Waals surface area contributed by atoms with Gasteiger partial charge in [-0.3, -0.25) is 4.79 Å². The molecule has 0 saturated carbocycles. The number of aromatic nitrogens is 2. The minimum Gasteiger partial charge on any atom is -0.382 e. The van der Waals surface area contributed by atoms with Gasteiger partial charge in [0, 0.05) is 5.56 Å². The molecule has 3 aromatic rings. The van der Waals surface area contributed by atoms with Gasteiger partial charge in [-0.05, 0) is 48.5 Å². The molecule has 0 atom stereocenters. The fraction of sp³-hybridized carbons (Fsp3) is 0. The Kier molecular flexibility index (Phi) is 3.99. The lowest BCUT2D eigenvalue weighted by molar-refractivity contribution is 0.103. The molecule has 0 saturated heterocycles. The zero-order valence-corrected chi connectivity index (χ0v) is 12.8. The van der Waals surface area contributed by atoms with Gasteiger partial charge >= 0.3 is 0 Å². The maximum absolute atomic E-state index is 13.1. The maximum atomic E-state index is 13.1. The SMILES string of the molecule is N#Cc1ccc(C(=O)c2nn(-c3ccc(F)cc3)c(N)c2C#N)cc1. The van der Waals surface area contributed by atoms with E-state index < -0.39 is 11.6 Å². The summed E-state index contributed by atoms with van der Waals surface area (Å²) in [6.45, 7) is 0. The van der Waals surface area contributed by atoms with E-state index in [0.29, 0.717) is 11.3 Å². The smallest absolute Gasteiger partial charge is 0.214 e. The molecule has 0 aliphatic rings. The maximum Gasteiger partial charge on any atom is 0.214 e. The summed E-state index contributed by atoms with van der Waals surface area (Å²) in [7, 11) is 0. The summed E-state index contributed by atoms with van der Waals surface area (Å²) in [5.41, 5.74) is 6.89. The average molecular weight is 331 g/mol. The van der Waals surface area contributed by atoms with Crippen LogP contribution in [0.25, 0.3) is 5.69 Å². The molecular formula is C18H10FN5O. The van der Waals surface area contributed by atoms with Crippen LogP contribution in [0.1, 0.15) is 27.2 Å². The quantitative estimate of drug-likeness (QED) is 0.742. The molecule has 1 heterocycles. The molecule has 0 aliphatic carbocycles. The average Bonchev–Trinajstić information content (AvgIpc) is 2.98. The first kappa shape index (κ1) is 15.9. The Balaban J connectivity index is 2.08. The van der Waals surface area contributed by atoms with Gasteiger partial charge in [0.2, 0.25) is 5.78 Å². The first-order valence-electron chi connectivity index (χ1n) is 7.14. The van der Waals surface area contributed by atoms with Gasteiger partial charge in [-0.2, -0.15) is 15.6 Å². The van der Waals surface area contributed by atoms with Gasteiger partial charge in [-0.25, -0.2) is 9.07 Å². The first-order valence-corrected chi connectivity index (χ1v) is 7.14. The van der Waals surface area contributed by atoms with Crippen LogP contribution in [0.5, 0.6) is 0 Å². The summed E-state index contributed by atoms with van der Waals surface area (Å²) >= 11 is 0. The van der Waals surface area contributed by atoms with E-state index in [1.54, 1.807) is 0 Å². The van der Waals surface area contributed by atoms with E-state index in [1.165, 1.54) is 53.2 Å². The number of nitrogen functional groups attached to an aromatic ring is 1. The van der Waals surface area contributed by atoms with Crippen LogP contribution in [-0.2, 0) is 0 Å². The number of carbonyl (C=O) groups is 1. The van der Waals surface area contributed by atoms with Crippen molar-refractivity contribution in [3.63, 3.8) is 0 Å². The third-order valence-electron chi connectivity index (χ3n) is 3.60. The van der Waals surface area contributed by atoms with Crippen molar-refractivity contribution in [2.75, 3.05) is 5.73 Å². The molecule has 0 bridgehead atoms. The third-order valence-corrected chi connectivity index (χ3v) is 3.60. The Labute approximate surface area is 142 Å². The molecule has 0 spiro atoms. The molecule has 0 aliphatic heterocycles. The fourth-order valence-electron chi connectivity index (χ4n) is 2.31. The van der Waals surface area contributed by atoms with Gasteiger partial charge in [0.15, 0.2) is 5.69 Å². The Hall–Kier alpha value is -3.97. The Bertz CT molecular complexity index is 1040. The molecule has 1 aromatic heterocycles. The molecule has 0 fully saturated rings. The van der Waals surface area contributed by atoms with Crippen LogP contribution >= 0.6 is 0 Å². The number of benzene rings is 2. The van der Waals surface area contributed by atoms with Crippen molar-refractivity contribution in [2.45, 2.75) is 0 Å². The monoisotopic (exact) mass is 331 g/mol. The minimum atomic E-state index is -0.492. The standard InChI is InChI=1S/C18H10FN5O/c19-13-5-7-14(8-6-13)24-18(22)15(10-21)16(23-24)17(25)12-3-1-11(9-20)2-4-12/h1-8H,22H2. The fourth-order valence-corrected chi connectivity index (χ4v) is 2.31. The van der Waals surface area contributed by atoms with Crippen LogP contribution in [0.4, 0.5) is 10.2 Å². The zero-order valence-electron chi connectivity index (χ0n) is 12.8. The summed E-state index contributed by atoms with van der Waals surface area (Å²) in [5.74, 6) is -0.927. The van der Waals surface area contributed by atoms with Gasteiger partial charge < -0.3 is 5.73 Å². The Morgan fingerprint density at radius 1 is 1.04 bits per heavy atom. The molecule has 2 N–H and O–H groups in total. The van der Waals surface area contributed by atoms with Crippen molar-refractivity contribution in [1.29, 1.82) is 10.5 Å². The normalized spacial score (nSPS) is 10.0. The highest BCUT2D eigenvalue weighted by atomic mass is 19.1. The van der Waals surface area contributed by atoms with Gasteiger partial charge in [-0.1, -0.05) is 0 Å². The molecule has 0 amide bonds. The number of anilines is 1. The minimum absolute atomic E-state index is 0.00824. The second-order valence-corrected chi connectivity index (χ2v) is 5.13. The van der Waals surface area contributed by atoms with Crippen LogP contribution in [-0.4, -0.2) is 15.6 Å². The Morgan fingerprint density at radius 3 is 2.24 bits per heavy atom. The van der Waals surface area contributed by atoms with Gasteiger partial charge in [-0.15, -0.1) is 0 Å². The molecule has 0 unspecified atom stereocenters. The summed E-state index contributed by atoms with van der Waals surface area (Å²) in [4.78, 5) is 12.7. The molecule has 7 heteroatoms. The number of hydrogen-bond acceptors (Lipinski definition) is 5. The van der Waals surface area contributed by atoms with Crippen LogP contribution in [0.3, 0.4) is 0 Å². The number of hydrogen-bond donors (Lipinski definition) is 1. The van der Waals surface area contributed by atoms with Crippen LogP contribution in [0.15, 0.2) is 48.5 Å². The number of nitrogens with zero attached hydrogens (tertiary/aromatic N) is 4. The van der Waals surface area contributed by atoms with E-state index in [1.807, 2.05) is 12.1 Å². The highest BCUT2D eigenvalue weighted by Gasteiger charge is 2.23. The van der Waals surface area contributed by atoms with Crippen LogP contribution in [0.2, 0.25) is 0 Å². The number of ketones is 1. The van der Waals surface area contributed by atoms with Crippen LogP contribution in [0, 0.1) is 28.5 Å². The number of nitriles is 2. The molecule has 6 nitrogen and oxygen atoms in total. The highest BCUT2D eigenvalue weighted by molar-refractivity contribution is 6.10. The molecule has 3 rings (SSSR count). The number of nitrogens with two attached hydrogens (primary N) is 1. The van der Waals surface area contributed by atoms with E-state index in [0.717, 1.165) is 0 Å². The second kappa shape index (κ2) is 6.26. The van der Waals surface area contributed by atoms with E-state index in [-0.39, 0.29) is 22.6 Å². The second-order valence-electron chi connectivity index (χ2n) is 5.13. The summed E-state index contributed by atoms with van der Waals surface area (Å²) in [5, 5.41) is 22.3. The van der Waals surface area contributed by atoms with Crippen molar-refractivity contribution < 1.29 is 9.18 Å². The topological polar surface area (TPSA) is 108 Å². The van der Waals surface area contributed by atoms with Crippen molar-refractivity contribution in [3.8, 4) is 17.8 Å². The lowest BCUT2D eigenvalue weighted by Crippen LogP contribution is -2.05. The van der Waals surface area contributed by atoms with E-state index in [2.05, 4.69) is 5.10 Å². The van der Waals surface area contributed by atoms with Crippen molar-refractivity contribution in [3.05, 3.63) is 76.7 Å². The molecular weight excluding hydrogens is 321 g/mol. The number of rotatable bonds is 3. The Morgan fingerprint density at radius 2 is 1.68 bits per heavy atom. The summed E-state index contributed by atoms with van der Waals surface area (Å²) in [6.07, 6.45) is 0. The molecule has 25 heavy (non-hydrogen) atoms. The number of carbonyl (C=O) groups excluding carboxylic acids is 1. The van der Waals surface area contributed by atoms with Gasteiger partial charge in [0.25, 0.3) is 0 Å². The third kappa shape index (κ3) is 2.82. The van der Waals surface area contributed by atoms with Crippen molar-refractivity contribution in [2.24, 2.45) is 0 Å². The zero-order chi connectivity index (χ0) is 18.0. The largest absolute Gasteiger partial charge is 0.382 e. The predicted molar refractivity (Wildman–Crippen MR) is 87.2 cm³/mol. The van der Waals surface area contributed by atoms with Gasteiger partial charge in [0.05, 0.1) is 17.3 Å². The highest BCUT2D eigenvalue weighted by Crippen LogP contribution is 2.23. The first-order chi connectivity index (χ1) is 12.0. The summed E-state index contributed by atoms with van der Waals surface area (Å²) in [6, 6.07) is 15.1. The van der Waals surface area contributed by atoms with Gasteiger partial charge in [0.1, 0.15) is 23.3 Å². The lowest BCUT2D eigenvalue weighted by Gasteiger charge is -2.03. The van der Waals surface area contributed by atoms with E-state index in [9.17, 15) is 14.4 Å². The van der Waals surface area contributed by atoms with Crippen molar-refractivity contribution >= 4 is 11.6 Å². The van der Waals surface area contributed by atoms with E-state index in [4.69, 9.17) is 11.0 Å². The van der Waals surface area contributed by atoms with Crippen LogP contribution < -0.4 is 5.73 Å². The van der Waals surface area contributed by atoms with E-state index >= 15 is 0 Å². The summed E-state index contributed by atoms with van der Waals surface area (Å²) < 4.78 is 14.3. The number of halogens is 1. The molecule has 2 aromatic carbocycles. The molecule has 0 radical (unpaired) electrons. The molecule has 120 valence electrons. The lowest BCUT2D eigenvalue weighted by atomic mass is 10.0. The predicted octanol–water partition coefficient (Wildman–Crippen LogP) is 2.57. The van der Waals surface area contributed by atoms with Crippen molar-refractivity contribution in [1.82, 2.24) is 9.78 Å².